The van der Waals surface area contributed by atoms with Gasteiger partial charge in [-0.1, -0.05) is 67.2 Å². The number of carbonyl (C=O) groups excluding carboxylic acids is 1. The van der Waals surface area contributed by atoms with Crippen LogP contribution in [-0.2, 0) is 9.78 Å². The van der Waals surface area contributed by atoms with E-state index in [9.17, 15) is 4.79 Å². The number of amides is 1. The number of carbonyl (C=O) groups is 1. The highest BCUT2D eigenvalue weighted by Crippen LogP contribution is 2.24. The minimum absolute atomic E-state index is 0.336. The minimum Gasteiger partial charge on any atom is -0.314 e. The molecule has 4 heteroatoms. The minimum atomic E-state index is -0.336. The first-order valence-corrected chi connectivity index (χ1v) is 7.59. The predicted molar refractivity (Wildman–Crippen MR) is 87.1 cm³/mol. The van der Waals surface area contributed by atoms with E-state index in [1.807, 2.05) is 42.5 Å². The highest BCUT2D eigenvalue weighted by atomic mass is 17.3. The van der Waals surface area contributed by atoms with Gasteiger partial charge in [0.2, 0.25) is 0 Å². The van der Waals surface area contributed by atoms with Crippen LogP contribution in [0, 0.1) is 0 Å². The van der Waals surface area contributed by atoms with Crippen molar-refractivity contribution < 1.29 is 14.7 Å². The topological polar surface area (TPSA) is 47.6 Å². The molecule has 2 aromatic rings. The van der Waals surface area contributed by atoms with Crippen molar-refractivity contribution in [3.05, 3.63) is 54.6 Å². The molecule has 4 nitrogen and oxygen atoms in total. The van der Waals surface area contributed by atoms with E-state index in [2.05, 4.69) is 12.4 Å². The van der Waals surface area contributed by atoms with Crippen molar-refractivity contribution >= 4 is 16.7 Å². The van der Waals surface area contributed by atoms with Crippen LogP contribution in [0.15, 0.2) is 54.6 Å². The first-order chi connectivity index (χ1) is 10.8. The monoisotopic (exact) mass is 299 g/mol. The number of rotatable bonds is 8. The van der Waals surface area contributed by atoms with E-state index in [0.29, 0.717) is 5.75 Å². The summed E-state index contributed by atoms with van der Waals surface area (Å²) in [5.74, 6) is 0.224. The molecule has 0 heterocycles. The SMILES string of the molecule is CCCCCC=CC(=O)NOOc1cccc2ccccc12. The summed E-state index contributed by atoms with van der Waals surface area (Å²) in [5.41, 5.74) is 2.24. The number of benzene rings is 2. The van der Waals surface area contributed by atoms with E-state index in [1.54, 1.807) is 6.07 Å². The van der Waals surface area contributed by atoms with Gasteiger partial charge in [-0.15, -0.1) is 0 Å². The Balaban J connectivity index is 1.79. The average Bonchev–Trinajstić information content (AvgIpc) is 2.55. The van der Waals surface area contributed by atoms with E-state index in [1.165, 1.54) is 18.9 Å². The molecular weight excluding hydrogens is 278 g/mol. The van der Waals surface area contributed by atoms with Crippen molar-refractivity contribution in [3.8, 4) is 5.75 Å². The molecule has 0 saturated carbocycles. The van der Waals surface area contributed by atoms with Crippen LogP contribution in [0.4, 0.5) is 0 Å². The maximum atomic E-state index is 11.5. The molecule has 0 fully saturated rings. The van der Waals surface area contributed by atoms with Crippen LogP contribution < -0.4 is 10.4 Å². The van der Waals surface area contributed by atoms with Crippen molar-refractivity contribution in [2.75, 3.05) is 0 Å². The van der Waals surface area contributed by atoms with Crippen LogP contribution in [0.3, 0.4) is 0 Å². The van der Waals surface area contributed by atoms with Gasteiger partial charge >= 0.3 is 0 Å². The van der Waals surface area contributed by atoms with E-state index >= 15 is 0 Å². The third kappa shape index (κ3) is 4.90. The Kier molecular flexibility index (Phi) is 6.45. The highest BCUT2D eigenvalue weighted by Gasteiger charge is 2.03. The summed E-state index contributed by atoms with van der Waals surface area (Å²) in [6.07, 6.45) is 7.63. The van der Waals surface area contributed by atoms with Gasteiger partial charge in [-0.3, -0.25) is 4.79 Å². The fourth-order valence-electron chi connectivity index (χ4n) is 2.11. The average molecular weight is 299 g/mol. The maximum absolute atomic E-state index is 11.5. The molecule has 0 unspecified atom stereocenters. The Morgan fingerprint density at radius 2 is 1.95 bits per heavy atom. The summed E-state index contributed by atoms with van der Waals surface area (Å²) in [6, 6.07) is 13.4. The highest BCUT2D eigenvalue weighted by molar-refractivity contribution is 5.88. The Morgan fingerprint density at radius 3 is 2.82 bits per heavy atom. The Hall–Kier alpha value is -2.33. The van der Waals surface area contributed by atoms with Gasteiger partial charge in [0.15, 0.2) is 5.75 Å². The lowest BCUT2D eigenvalue weighted by Crippen LogP contribution is -2.23. The van der Waals surface area contributed by atoms with Gasteiger partial charge in [0, 0.05) is 11.5 Å². The number of fused-ring (bicyclic) bond motifs is 1. The molecular formula is C18H21NO3. The standard InChI is InChI=1S/C18H21NO3/c1-2-3-4-5-6-14-18(20)19-22-21-17-13-9-11-15-10-7-8-12-16(15)17/h6-14H,2-5H2,1H3,(H,19,20). The summed E-state index contributed by atoms with van der Waals surface area (Å²) >= 11 is 0. The van der Waals surface area contributed by atoms with Gasteiger partial charge in [0.25, 0.3) is 5.91 Å². The van der Waals surface area contributed by atoms with Crippen molar-refractivity contribution in [2.45, 2.75) is 32.6 Å². The molecule has 22 heavy (non-hydrogen) atoms. The number of nitrogens with one attached hydrogen (secondary N) is 1. The molecule has 0 aliphatic rings. The van der Waals surface area contributed by atoms with E-state index < -0.39 is 0 Å². The quantitative estimate of drug-likeness (QED) is 0.342. The van der Waals surface area contributed by atoms with Gasteiger partial charge in [-0.05, 0) is 24.3 Å². The molecule has 2 aromatic carbocycles. The first-order valence-electron chi connectivity index (χ1n) is 7.59. The normalized spacial score (nSPS) is 11.0. The van der Waals surface area contributed by atoms with Crippen LogP contribution >= 0.6 is 0 Å². The Bertz CT molecular complexity index is 632. The van der Waals surface area contributed by atoms with Crippen LogP contribution in [0.1, 0.15) is 32.6 Å². The van der Waals surface area contributed by atoms with Crippen molar-refractivity contribution in [3.63, 3.8) is 0 Å². The zero-order chi connectivity index (χ0) is 15.6. The molecule has 1 amide bonds. The third-order valence-electron chi connectivity index (χ3n) is 3.27. The van der Waals surface area contributed by atoms with Gasteiger partial charge in [-0.25, -0.2) is 0 Å². The lowest BCUT2D eigenvalue weighted by molar-refractivity contribution is -0.250. The second kappa shape index (κ2) is 8.85. The Morgan fingerprint density at radius 1 is 1.14 bits per heavy atom. The first kappa shape index (κ1) is 16.0. The maximum Gasteiger partial charge on any atom is 0.270 e. The smallest absolute Gasteiger partial charge is 0.270 e. The lowest BCUT2D eigenvalue weighted by atomic mass is 10.1. The molecule has 0 aromatic heterocycles. The molecule has 0 bridgehead atoms. The van der Waals surface area contributed by atoms with Gasteiger partial charge in [0.05, 0.1) is 0 Å². The molecule has 0 aliphatic carbocycles. The van der Waals surface area contributed by atoms with Crippen LogP contribution in [0.25, 0.3) is 10.8 Å². The molecule has 0 saturated heterocycles. The number of hydroxylamine groups is 1. The second-order valence-electron chi connectivity index (χ2n) is 5.01. The molecule has 116 valence electrons. The van der Waals surface area contributed by atoms with Crippen molar-refractivity contribution in [1.29, 1.82) is 0 Å². The largest absolute Gasteiger partial charge is 0.314 e. The molecule has 0 spiro atoms. The Labute approximate surface area is 130 Å². The predicted octanol–water partition coefficient (Wildman–Crippen LogP) is 4.32. The molecule has 1 N–H and O–H groups in total. The molecule has 0 radical (unpaired) electrons. The van der Waals surface area contributed by atoms with E-state index in [0.717, 1.165) is 23.6 Å². The van der Waals surface area contributed by atoms with Crippen LogP contribution in [-0.4, -0.2) is 5.91 Å². The zero-order valence-corrected chi connectivity index (χ0v) is 12.7. The number of unbranched alkanes of at least 4 members (excludes halogenated alkanes) is 3. The number of allylic oxidation sites excluding steroid dienone is 1. The van der Waals surface area contributed by atoms with Gasteiger partial charge in [0.1, 0.15) is 0 Å². The van der Waals surface area contributed by atoms with Gasteiger partial charge < -0.3 is 4.89 Å². The van der Waals surface area contributed by atoms with Crippen molar-refractivity contribution in [2.24, 2.45) is 0 Å². The van der Waals surface area contributed by atoms with Crippen molar-refractivity contribution in [1.82, 2.24) is 5.48 Å². The summed E-state index contributed by atoms with van der Waals surface area (Å²) < 4.78 is 0. The zero-order valence-electron chi connectivity index (χ0n) is 12.7. The second-order valence-corrected chi connectivity index (χ2v) is 5.01. The van der Waals surface area contributed by atoms with Crippen LogP contribution in [0.5, 0.6) is 5.75 Å². The fourth-order valence-corrected chi connectivity index (χ4v) is 2.11. The number of hydrogen-bond acceptors (Lipinski definition) is 3. The fraction of sp³-hybridized carbons (Fsp3) is 0.278. The van der Waals surface area contributed by atoms with E-state index in [-0.39, 0.29) is 5.91 Å². The summed E-state index contributed by atoms with van der Waals surface area (Å²) in [7, 11) is 0. The lowest BCUT2D eigenvalue weighted by Gasteiger charge is -2.06. The van der Waals surface area contributed by atoms with E-state index in [4.69, 9.17) is 9.88 Å². The summed E-state index contributed by atoms with van der Waals surface area (Å²) in [6.45, 7) is 2.15. The molecule has 0 atom stereocenters. The van der Waals surface area contributed by atoms with Crippen LogP contribution in [0.2, 0.25) is 0 Å². The molecule has 2 rings (SSSR count). The summed E-state index contributed by atoms with van der Waals surface area (Å²) in [5, 5.41) is 1.97. The summed E-state index contributed by atoms with van der Waals surface area (Å²) in [4.78, 5) is 21.5. The molecule has 0 aliphatic heterocycles. The van der Waals surface area contributed by atoms with Gasteiger partial charge in [-0.2, -0.15) is 5.48 Å². The number of hydrogen-bond donors (Lipinski definition) is 1. The third-order valence-corrected chi connectivity index (χ3v) is 3.27.